The largest absolute Gasteiger partial charge is 0.376 e. The van der Waals surface area contributed by atoms with Gasteiger partial charge >= 0.3 is 0 Å². The first-order valence-corrected chi connectivity index (χ1v) is 13.8. The Bertz CT molecular complexity index is 1880. The normalized spacial score (nSPS) is 13.2. The minimum Gasteiger partial charge on any atom is -0.376 e. The summed E-state index contributed by atoms with van der Waals surface area (Å²) < 4.78 is 14.4. The van der Waals surface area contributed by atoms with Gasteiger partial charge in [0.25, 0.3) is 11.8 Å². The third-order valence-electron chi connectivity index (χ3n) is 6.89. The van der Waals surface area contributed by atoms with Crippen LogP contribution in [-0.4, -0.2) is 43.7 Å². The second-order valence-corrected chi connectivity index (χ2v) is 10.7. The molecule has 0 spiro atoms. The molecule has 3 aromatic carbocycles. The average Bonchev–Trinajstić information content (AvgIpc) is 3.61. The summed E-state index contributed by atoms with van der Waals surface area (Å²) in [6.45, 7) is 0.143. The number of carbonyl (C=O) groups excluding carboxylic acids is 2. The third-order valence-corrected chi connectivity index (χ3v) is 7.78. The Morgan fingerprint density at radius 3 is 2.52 bits per heavy atom. The molecule has 1 aliphatic heterocycles. The lowest BCUT2D eigenvalue weighted by Gasteiger charge is -2.22. The summed E-state index contributed by atoms with van der Waals surface area (Å²) in [5, 5.41) is 27.7. The topological polar surface area (TPSA) is 140 Å². The molecule has 10 nitrogen and oxygen atoms in total. The molecule has 3 heterocycles. The molecule has 2 amide bonds. The van der Waals surface area contributed by atoms with Crippen molar-refractivity contribution >= 4 is 67.3 Å². The van der Waals surface area contributed by atoms with Gasteiger partial charge in [0, 0.05) is 40.2 Å². The lowest BCUT2D eigenvalue weighted by molar-refractivity contribution is 0.0650. The van der Waals surface area contributed by atoms with Crippen LogP contribution in [0.4, 0.5) is 21.5 Å². The molecule has 3 N–H and O–H groups in total. The number of H-pyrrole nitrogens is 1. The summed E-state index contributed by atoms with van der Waals surface area (Å²) >= 11 is 9.56. The smallest absolute Gasteiger partial charge is 0.261 e. The highest BCUT2D eigenvalue weighted by Crippen LogP contribution is 2.37. The first-order valence-electron chi connectivity index (χ1n) is 12.7. The maximum atomic E-state index is 13.8. The van der Waals surface area contributed by atoms with Crippen LogP contribution in [0.5, 0.6) is 0 Å². The highest BCUT2D eigenvalue weighted by Gasteiger charge is 2.35. The van der Waals surface area contributed by atoms with Gasteiger partial charge in [0.1, 0.15) is 17.6 Å². The van der Waals surface area contributed by atoms with E-state index in [1.807, 2.05) is 12.1 Å². The molecule has 0 bridgehead atoms. The molecular formula is C29H19BrClFN8O2. The standard InChI is InChI=1S/C29H19BrClFN8O2/c30-21-10-17(9-20-26(15(12-33)13-34-27(20)21)37-16-5-6-23(32)22(31)11-16)36-24(25-14-35-39-38-25)7-8-40-28(41)18-3-1-2-4-19(18)29(40)42/h1-6,9-11,13-14,24,36H,7-8H2,(H,34,37)(H,35,38,39). The number of benzene rings is 3. The zero-order chi connectivity index (χ0) is 29.4. The monoisotopic (exact) mass is 644 g/mol. The summed E-state index contributed by atoms with van der Waals surface area (Å²) in [4.78, 5) is 31.5. The van der Waals surface area contributed by atoms with Gasteiger partial charge in [-0.1, -0.05) is 28.9 Å². The first kappa shape index (κ1) is 27.3. The minimum atomic E-state index is -0.559. The van der Waals surface area contributed by atoms with Crippen LogP contribution in [0.2, 0.25) is 5.02 Å². The van der Waals surface area contributed by atoms with Gasteiger partial charge in [-0.25, -0.2) is 4.39 Å². The molecule has 0 saturated carbocycles. The van der Waals surface area contributed by atoms with Crippen molar-refractivity contribution in [2.24, 2.45) is 0 Å². The number of nitrogens with zero attached hydrogens (tertiary/aromatic N) is 5. The predicted molar refractivity (Wildman–Crippen MR) is 158 cm³/mol. The van der Waals surface area contributed by atoms with Gasteiger partial charge in [-0.2, -0.15) is 5.26 Å². The summed E-state index contributed by atoms with van der Waals surface area (Å²) in [5.74, 6) is -1.24. The summed E-state index contributed by atoms with van der Waals surface area (Å²) in [6.07, 6.45) is 3.42. The van der Waals surface area contributed by atoms with Gasteiger partial charge < -0.3 is 10.6 Å². The van der Waals surface area contributed by atoms with Crippen LogP contribution in [0.1, 0.15) is 44.4 Å². The number of aromatic amines is 1. The number of nitrogens with one attached hydrogen (secondary N) is 3. The third kappa shape index (κ3) is 5.04. The van der Waals surface area contributed by atoms with E-state index < -0.39 is 11.9 Å². The lowest BCUT2D eigenvalue weighted by atomic mass is 10.1. The van der Waals surface area contributed by atoms with E-state index >= 15 is 0 Å². The molecule has 0 aliphatic carbocycles. The molecule has 1 aliphatic rings. The summed E-state index contributed by atoms with van der Waals surface area (Å²) in [7, 11) is 0. The van der Waals surface area contributed by atoms with Gasteiger partial charge in [-0.3, -0.25) is 24.6 Å². The van der Waals surface area contributed by atoms with Crippen molar-refractivity contribution in [3.05, 3.63) is 105 Å². The number of hydrogen-bond acceptors (Lipinski definition) is 8. The van der Waals surface area contributed by atoms with Crippen molar-refractivity contribution in [2.45, 2.75) is 12.5 Å². The highest BCUT2D eigenvalue weighted by atomic mass is 79.9. The van der Waals surface area contributed by atoms with Crippen LogP contribution in [0.15, 0.2) is 71.5 Å². The predicted octanol–water partition coefficient (Wildman–Crippen LogP) is 6.36. The van der Waals surface area contributed by atoms with Gasteiger partial charge in [0.15, 0.2) is 0 Å². The number of rotatable bonds is 8. The Hall–Kier alpha value is -4.86. The Morgan fingerprint density at radius 2 is 1.86 bits per heavy atom. The Balaban J connectivity index is 1.32. The van der Waals surface area contributed by atoms with Crippen molar-refractivity contribution in [3.63, 3.8) is 0 Å². The molecule has 2 aromatic heterocycles. The van der Waals surface area contributed by atoms with Crippen molar-refractivity contribution in [3.8, 4) is 6.07 Å². The number of anilines is 3. The number of imide groups is 1. The number of aromatic nitrogens is 4. The zero-order valence-electron chi connectivity index (χ0n) is 21.5. The Labute approximate surface area is 251 Å². The zero-order valence-corrected chi connectivity index (χ0v) is 23.9. The van der Waals surface area contributed by atoms with Crippen LogP contribution < -0.4 is 10.6 Å². The van der Waals surface area contributed by atoms with Crippen molar-refractivity contribution in [1.29, 1.82) is 5.26 Å². The molecule has 0 saturated heterocycles. The van der Waals surface area contributed by atoms with Gasteiger partial charge in [0.05, 0.1) is 39.0 Å². The number of amides is 2. The Kier molecular flexibility index (Phi) is 7.28. The van der Waals surface area contributed by atoms with E-state index in [4.69, 9.17) is 11.6 Å². The summed E-state index contributed by atoms with van der Waals surface area (Å²) in [5.41, 5.74) is 3.78. The second-order valence-electron chi connectivity index (χ2n) is 9.46. The SMILES string of the molecule is N#Cc1cnc2c(Br)cc(NC(CCN3C(=O)c4ccccc4C3=O)c3c[nH]nn3)cc2c1Nc1ccc(F)c(Cl)c1. The number of halogens is 3. The molecule has 1 unspecified atom stereocenters. The molecule has 1 atom stereocenters. The Morgan fingerprint density at radius 1 is 1.10 bits per heavy atom. The summed E-state index contributed by atoms with van der Waals surface area (Å²) in [6, 6.07) is 16.3. The molecule has 6 rings (SSSR count). The lowest BCUT2D eigenvalue weighted by Crippen LogP contribution is -2.32. The fourth-order valence-corrected chi connectivity index (χ4v) is 5.60. The molecule has 0 fully saturated rings. The quantitative estimate of drug-likeness (QED) is 0.166. The first-order chi connectivity index (χ1) is 20.3. The minimum absolute atomic E-state index is 0.0612. The maximum absolute atomic E-state index is 13.8. The number of pyridine rings is 1. The van der Waals surface area contributed by atoms with E-state index in [-0.39, 0.29) is 28.9 Å². The van der Waals surface area contributed by atoms with Crippen LogP contribution in [0.25, 0.3) is 10.9 Å². The van der Waals surface area contributed by atoms with Crippen molar-refractivity contribution < 1.29 is 14.0 Å². The van der Waals surface area contributed by atoms with Crippen LogP contribution in [0.3, 0.4) is 0 Å². The van der Waals surface area contributed by atoms with Crippen molar-refractivity contribution in [1.82, 2.24) is 25.3 Å². The molecule has 42 heavy (non-hydrogen) atoms. The number of carbonyl (C=O) groups is 2. The van der Waals surface area contributed by atoms with Crippen LogP contribution in [-0.2, 0) is 0 Å². The van der Waals surface area contributed by atoms with Gasteiger partial charge in [-0.05, 0) is 64.8 Å². The van der Waals surface area contributed by atoms with E-state index in [1.165, 1.54) is 29.3 Å². The van der Waals surface area contributed by atoms with E-state index in [2.05, 4.69) is 53.0 Å². The molecule has 13 heteroatoms. The number of nitriles is 1. The number of fused-ring (bicyclic) bond motifs is 2. The van der Waals surface area contributed by atoms with Crippen molar-refractivity contribution in [2.75, 3.05) is 17.2 Å². The fraction of sp³-hybridized carbons (Fsp3) is 0.103. The van der Waals surface area contributed by atoms with E-state index in [9.17, 15) is 19.2 Å². The highest BCUT2D eigenvalue weighted by molar-refractivity contribution is 9.10. The molecular weight excluding hydrogens is 627 g/mol. The maximum Gasteiger partial charge on any atom is 0.261 e. The van der Waals surface area contributed by atoms with Crippen LogP contribution in [0, 0.1) is 17.1 Å². The van der Waals surface area contributed by atoms with Gasteiger partial charge in [-0.15, -0.1) is 5.10 Å². The average molecular weight is 646 g/mol. The van der Waals surface area contributed by atoms with Crippen LogP contribution >= 0.6 is 27.5 Å². The molecule has 5 aromatic rings. The van der Waals surface area contributed by atoms with E-state index in [0.717, 1.165) is 0 Å². The van der Waals surface area contributed by atoms with E-state index in [1.54, 1.807) is 30.5 Å². The molecule has 0 radical (unpaired) electrons. The number of hydrogen-bond donors (Lipinski definition) is 3. The second kappa shape index (κ2) is 11.2. The fourth-order valence-electron chi connectivity index (χ4n) is 4.86. The van der Waals surface area contributed by atoms with Gasteiger partial charge in [0.2, 0.25) is 0 Å². The van der Waals surface area contributed by atoms with E-state index in [0.29, 0.717) is 55.7 Å². The molecule has 208 valence electrons.